The number of rotatable bonds is 0. The predicted octanol–water partition coefficient (Wildman–Crippen LogP) is 1.52. The van der Waals surface area contributed by atoms with E-state index in [1.54, 1.807) is 14.1 Å². The van der Waals surface area contributed by atoms with Gasteiger partial charge >= 0.3 is 26.2 Å². The molecule has 37 valence electrons. The molecule has 0 atom stereocenters. The molecule has 2 heteroatoms. The van der Waals surface area contributed by atoms with Crippen molar-refractivity contribution in [1.82, 2.24) is 0 Å². The van der Waals surface area contributed by atoms with Gasteiger partial charge in [-0.1, -0.05) is 0 Å². The Hall–Kier alpha value is 0.843. The fourth-order valence-electron chi connectivity index (χ4n) is 0. The molecule has 0 aromatic heterocycles. The van der Waals surface area contributed by atoms with Crippen molar-refractivity contribution in [2.45, 2.75) is 0 Å². The normalized spacial score (nSPS) is 3.00. The molecule has 0 fully saturated rings. The summed E-state index contributed by atoms with van der Waals surface area (Å²) >= 11 is 0. The predicted molar refractivity (Wildman–Crippen MR) is 28.0 cm³/mol. The van der Waals surface area contributed by atoms with E-state index < -0.39 is 0 Å². The fraction of sp³-hybridized carbons (Fsp3) is 0.500. The first kappa shape index (κ1) is 28.9. The Kier molecular flexibility index (Phi) is 194. The van der Waals surface area contributed by atoms with Crippen molar-refractivity contribution in [2.24, 2.45) is 0 Å². The van der Waals surface area contributed by atoms with Crippen molar-refractivity contribution in [2.75, 3.05) is 14.1 Å². The molecule has 0 N–H and O–H groups in total. The molecule has 0 aliphatic heterocycles. The molecule has 0 aromatic rings. The van der Waals surface area contributed by atoms with Gasteiger partial charge < -0.3 is 20.2 Å². The summed E-state index contributed by atoms with van der Waals surface area (Å²) < 4.78 is 0. The Morgan fingerprint density at radius 2 is 1.00 bits per heavy atom. The van der Waals surface area contributed by atoms with Gasteiger partial charge in [-0.05, 0) is 0 Å². The van der Waals surface area contributed by atoms with E-state index in [2.05, 4.69) is 5.32 Å². The van der Waals surface area contributed by atoms with Crippen molar-refractivity contribution in [1.29, 1.82) is 0 Å². The maximum atomic E-state index is 3.50. The van der Waals surface area contributed by atoms with E-state index in [0.29, 0.717) is 0 Å². The molecule has 1 nitrogen and oxygen atoms in total. The first-order valence-electron chi connectivity index (χ1n) is 0.894. The van der Waals surface area contributed by atoms with Crippen LogP contribution in [0, 0.1) is 14.9 Å². The third-order valence-electron chi connectivity index (χ3n) is 0. The van der Waals surface area contributed by atoms with Crippen molar-refractivity contribution < 1.29 is 26.2 Å². The van der Waals surface area contributed by atoms with Crippen molar-refractivity contribution in [3.05, 3.63) is 20.2 Å². The second kappa shape index (κ2) is 40.3. The third kappa shape index (κ3) is 101. The van der Waals surface area contributed by atoms with Crippen LogP contribution in [0.5, 0.6) is 0 Å². The molecule has 0 saturated carbocycles. The van der Waals surface area contributed by atoms with Crippen LogP contribution in [-0.4, -0.2) is 14.1 Å². The summed E-state index contributed by atoms with van der Waals surface area (Å²) in [6, 6.07) is 0. The largest absolute Gasteiger partial charge is 3.00 e. The average molecular weight is 165 g/mol. The Labute approximate surface area is 60.6 Å². The van der Waals surface area contributed by atoms with Gasteiger partial charge in [0.2, 0.25) is 0 Å². The van der Waals surface area contributed by atoms with Gasteiger partial charge in [0.1, 0.15) is 0 Å². The van der Waals surface area contributed by atoms with Crippen LogP contribution in [0.15, 0.2) is 0 Å². The summed E-state index contributed by atoms with van der Waals surface area (Å²) in [5, 5.41) is 3.50. The molecule has 0 amide bonds. The fourth-order valence-corrected chi connectivity index (χ4v) is 0. The van der Waals surface area contributed by atoms with Crippen LogP contribution in [0.25, 0.3) is 5.32 Å². The van der Waals surface area contributed by atoms with Crippen LogP contribution >= 0.6 is 0 Å². The first-order valence-corrected chi connectivity index (χ1v) is 0.894. The minimum Gasteiger partial charge on any atom is -0.668 e. The smallest absolute Gasteiger partial charge is 0.668 e. The minimum absolute atomic E-state index is 0. The van der Waals surface area contributed by atoms with Gasteiger partial charge in [0.25, 0.3) is 0 Å². The summed E-state index contributed by atoms with van der Waals surface area (Å²) in [4.78, 5) is 0. The molecule has 0 saturated heterocycles. The van der Waals surface area contributed by atoms with Gasteiger partial charge in [-0.3, -0.25) is 0 Å². The summed E-state index contributed by atoms with van der Waals surface area (Å²) in [5.74, 6) is 0. The zero-order valence-corrected chi connectivity index (χ0v) is 7.41. The summed E-state index contributed by atoms with van der Waals surface area (Å²) in [6.45, 7) is 0. The molecule has 6 heavy (non-hydrogen) atoms. The van der Waals surface area contributed by atoms with Crippen LogP contribution in [0.4, 0.5) is 0 Å². The van der Waals surface area contributed by atoms with E-state index in [4.69, 9.17) is 0 Å². The minimum atomic E-state index is 0. The van der Waals surface area contributed by atoms with Crippen LogP contribution in [0.3, 0.4) is 0 Å². The summed E-state index contributed by atoms with van der Waals surface area (Å²) in [5.41, 5.74) is 0. The van der Waals surface area contributed by atoms with Gasteiger partial charge in [0.05, 0.1) is 0 Å². The molecular formula is C4H12NZr. The average Bonchev–Trinajstić information content (AvgIpc) is 0.918. The second-order valence-electron chi connectivity index (χ2n) is 0.447. The molecule has 0 unspecified atom stereocenters. The molecule has 0 rings (SSSR count). The summed E-state index contributed by atoms with van der Waals surface area (Å²) in [7, 11) is 3.50. The molecule has 0 aliphatic rings. The van der Waals surface area contributed by atoms with E-state index in [9.17, 15) is 0 Å². The zero-order chi connectivity index (χ0) is 2.71. The van der Waals surface area contributed by atoms with Crippen LogP contribution < -0.4 is 0 Å². The van der Waals surface area contributed by atoms with Gasteiger partial charge in [-0.15, -0.1) is 0 Å². The molecule has 0 bridgehead atoms. The van der Waals surface area contributed by atoms with E-state index in [1.165, 1.54) is 0 Å². The van der Waals surface area contributed by atoms with E-state index in [-0.39, 0.29) is 41.1 Å². The number of nitrogens with zero attached hydrogens (tertiary/aromatic N) is 1. The molecule has 0 spiro atoms. The van der Waals surface area contributed by atoms with Gasteiger partial charge in [0, 0.05) is 0 Å². The van der Waals surface area contributed by atoms with E-state index in [0.717, 1.165) is 0 Å². The first-order chi connectivity index (χ1) is 1.41. The molecule has 0 aromatic carbocycles. The SMILES string of the molecule is C[N-]C.[CH3-].[CH3-].[Zr+3]. The molecule has 0 heterocycles. The van der Waals surface area contributed by atoms with Crippen LogP contribution in [0.1, 0.15) is 0 Å². The summed E-state index contributed by atoms with van der Waals surface area (Å²) in [6.07, 6.45) is 0. The van der Waals surface area contributed by atoms with Crippen LogP contribution in [-0.2, 0) is 26.2 Å². The molecule has 0 aliphatic carbocycles. The second-order valence-corrected chi connectivity index (χ2v) is 0.447. The van der Waals surface area contributed by atoms with E-state index >= 15 is 0 Å². The van der Waals surface area contributed by atoms with Crippen LogP contribution in [0.2, 0.25) is 0 Å². The van der Waals surface area contributed by atoms with Crippen molar-refractivity contribution >= 4 is 0 Å². The quantitative estimate of drug-likeness (QED) is 0.483. The Bertz CT molecular complexity index is 7.51. The van der Waals surface area contributed by atoms with Gasteiger partial charge in [0.15, 0.2) is 0 Å². The maximum Gasteiger partial charge on any atom is 3.00 e. The Morgan fingerprint density at radius 1 is 1.00 bits per heavy atom. The van der Waals surface area contributed by atoms with E-state index in [1.807, 2.05) is 0 Å². The van der Waals surface area contributed by atoms with Crippen molar-refractivity contribution in [3.63, 3.8) is 0 Å². The third-order valence-corrected chi connectivity index (χ3v) is 0. The van der Waals surface area contributed by atoms with Crippen molar-refractivity contribution in [3.8, 4) is 0 Å². The Balaban J connectivity index is -0.00000000667. The number of hydrogen-bond donors (Lipinski definition) is 0. The number of hydrogen-bond acceptors (Lipinski definition) is 0. The molecule has 1 radical (unpaired) electrons. The molecular weight excluding hydrogens is 153 g/mol. The maximum absolute atomic E-state index is 3.50. The van der Waals surface area contributed by atoms with Gasteiger partial charge in [-0.25, -0.2) is 0 Å². The van der Waals surface area contributed by atoms with Gasteiger partial charge in [-0.2, -0.15) is 14.1 Å². The zero-order valence-electron chi connectivity index (χ0n) is 4.95. The standard InChI is InChI=1S/C2H6N.2CH3.Zr/c1-3-2;;;/h1-2H3;2*1H3;/q3*-1;+3. The topological polar surface area (TPSA) is 14.1 Å². The Morgan fingerprint density at radius 3 is 1.00 bits per heavy atom. The monoisotopic (exact) mass is 164 g/mol.